The summed E-state index contributed by atoms with van der Waals surface area (Å²) in [5.41, 5.74) is -3.78. The molecule has 1 aliphatic rings. The van der Waals surface area contributed by atoms with Gasteiger partial charge in [0.25, 0.3) is 20.0 Å². The monoisotopic (exact) mass is 841 g/mol. The van der Waals surface area contributed by atoms with Gasteiger partial charge < -0.3 is 18.9 Å². The van der Waals surface area contributed by atoms with Crippen LogP contribution in [-0.4, -0.2) is 91.3 Å². The van der Waals surface area contributed by atoms with Crippen LogP contribution >= 0.6 is 0 Å². The molecule has 0 amide bonds. The van der Waals surface area contributed by atoms with Gasteiger partial charge >= 0.3 is 0 Å². The smallest absolute Gasteiger partial charge is 0.253 e. The number of sulfonamides is 2. The Bertz CT molecular complexity index is 2190. The van der Waals surface area contributed by atoms with E-state index in [4.69, 9.17) is 18.9 Å². The van der Waals surface area contributed by atoms with E-state index in [0.717, 1.165) is 49.9 Å². The molecule has 15 heteroatoms. The number of carbonyl (C=O) groups excluding carboxylic acids is 4. The van der Waals surface area contributed by atoms with Crippen molar-refractivity contribution in [2.45, 2.75) is 102 Å². The number of rotatable bonds is 21. The molecule has 1 unspecified atom stereocenters. The fourth-order valence-corrected chi connectivity index (χ4v) is 10.2. The van der Waals surface area contributed by atoms with Crippen LogP contribution in [0.15, 0.2) is 82.6 Å². The van der Waals surface area contributed by atoms with Gasteiger partial charge in [-0.05, 0) is 98.4 Å². The first-order valence-electron chi connectivity index (χ1n) is 19.1. The molecular formula is C43H55NO12S2. The van der Waals surface area contributed by atoms with E-state index in [1.807, 2.05) is 0 Å². The van der Waals surface area contributed by atoms with Crippen LogP contribution in [0.1, 0.15) is 116 Å². The fraction of sp³-hybridized carbons (Fsp3) is 0.488. The van der Waals surface area contributed by atoms with Crippen LogP contribution in [0, 0.1) is 10.8 Å². The lowest BCUT2D eigenvalue weighted by atomic mass is 9.57. The Hall–Kier alpha value is -3.96. The van der Waals surface area contributed by atoms with Gasteiger partial charge in [0, 0.05) is 29.4 Å². The molecule has 3 aromatic rings. The molecule has 0 saturated heterocycles. The Kier molecular flexibility index (Phi) is 15.3. The Morgan fingerprint density at radius 2 is 1.00 bits per heavy atom. The summed E-state index contributed by atoms with van der Waals surface area (Å²) in [6.07, 6.45) is 3.36. The Morgan fingerprint density at radius 3 is 1.47 bits per heavy atom. The number of nitrogens with one attached hydrogen (secondary N) is 1. The summed E-state index contributed by atoms with van der Waals surface area (Å²) in [5.74, 6) is -1.51. The van der Waals surface area contributed by atoms with Crippen molar-refractivity contribution in [3.63, 3.8) is 0 Å². The molecule has 0 aromatic heterocycles. The molecule has 1 saturated carbocycles. The van der Waals surface area contributed by atoms with Crippen LogP contribution in [0.3, 0.4) is 0 Å². The minimum atomic E-state index is -4.78. The highest BCUT2D eigenvalue weighted by Crippen LogP contribution is 2.50. The van der Waals surface area contributed by atoms with E-state index in [1.165, 1.54) is 38.1 Å². The molecule has 0 spiro atoms. The normalized spacial score (nSPS) is 17.7. The van der Waals surface area contributed by atoms with Crippen molar-refractivity contribution in [1.82, 2.24) is 4.13 Å². The summed E-state index contributed by atoms with van der Waals surface area (Å²) < 4.78 is 78.9. The summed E-state index contributed by atoms with van der Waals surface area (Å²) >= 11 is 0. The van der Waals surface area contributed by atoms with Gasteiger partial charge in [0.15, 0.2) is 23.1 Å². The fourth-order valence-electron chi connectivity index (χ4n) is 7.21. The van der Waals surface area contributed by atoms with E-state index < -0.39 is 57.8 Å². The first-order valence-corrected chi connectivity index (χ1v) is 22.1. The summed E-state index contributed by atoms with van der Waals surface area (Å²) in [6, 6.07) is 16.1. The van der Waals surface area contributed by atoms with Gasteiger partial charge in [0.2, 0.25) is 0 Å². The van der Waals surface area contributed by atoms with Gasteiger partial charge in [0.1, 0.15) is 0 Å². The molecule has 4 rings (SSSR count). The Balaban J connectivity index is 1.62. The third-order valence-electron chi connectivity index (χ3n) is 11.3. The number of hydrogen-bond acceptors (Lipinski definition) is 12. The van der Waals surface area contributed by atoms with Crippen molar-refractivity contribution in [3.05, 3.63) is 95.1 Å². The van der Waals surface area contributed by atoms with Crippen molar-refractivity contribution in [1.29, 1.82) is 0 Å². The second-order valence-corrected chi connectivity index (χ2v) is 19.4. The van der Waals surface area contributed by atoms with Crippen LogP contribution in [0.2, 0.25) is 0 Å². The Labute approximate surface area is 342 Å². The molecular weight excluding hydrogens is 787 g/mol. The first-order chi connectivity index (χ1) is 27.1. The second-order valence-electron chi connectivity index (χ2n) is 15.8. The highest BCUT2D eigenvalue weighted by molar-refractivity contribution is 8.04. The lowest BCUT2D eigenvalue weighted by Gasteiger charge is -2.52. The van der Waals surface area contributed by atoms with E-state index >= 15 is 0 Å². The highest BCUT2D eigenvalue weighted by Gasteiger charge is 2.59. The average molecular weight is 842 g/mol. The topological polar surface area (TPSA) is 186 Å². The van der Waals surface area contributed by atoms with Crippen molar-refractivity contribution in [2.75, 3.05) is 33.5 Å². The number of methoxy groups -OCH3 is 1. The third kappa shape index (κ3) is 10.6. The van der Waals surface area contributed by atoms with E-state index in [9.17, 15) is 36.0 Å². The summed E-state index contributed by atoms with van der Waals surface area (Å²) in [7, 11) is -7.82. The largest absolute Gasteiger partial charge is 0.382 e. The maximum Gasteiger partial charge on any atom is 0.253 e. The van der Waals surface area contributed by atoms with Gasteiger partial charge in [-0.3, -0.25) is 19.2 Å². The zero-order valence-electron chi connectivity index (χ0n) is 34.5. The number of ether oxygens (including phenoxy) is 4. The van der Waals surface area contributed by atoms with Crippen molar-refractivity contribution < 1.29 is 55.0 Å². The van der Waals surface area contributed by atoms with Crippen molar-refractivity contribution in [2.24, 2.45) is 10.8 Å². The molecule has 316 valence electrons. The lowest BCUT2D eigenvalue weighted by molar-refractivity contribution is -0.162. The standard InChI is InChI=1S/C43H55NO12S2/c1-29(45)31-15-17-32(18-16-31)39(47)41(3,4)43(7,56-26-25-55-36-21-19-35(20-22-36)54-24-23-53-8)42(5,6)40(48)34-12-10-14-38(28-34)58(51,52)44-57(49,50)37-13-9-11-33(27-37)30(2)46/h9-18,27-28,35-36,44H,19-26H2,1-8H3. The summed E-state index contributed by atoms with van der Waals surface area (Å²) in [5, 5.41) is 0. The third-order valence-corrected chi connectivity index (χ3v) is 14.8. The maximum absolute atomic E-state index is 14.7. The van der Waals surface area contributed by atoms with E-state index in [0.29, 0.717) is 24.3 Å². The molecule has 1 atom stereocenters. The molecule has 0 heterocycles. The van der Waals surface area contributed by atoms with Crippen molar-refractivity contribution >= 4 is 43.2 Å². The van der Waals surface area contributed by atoms with Gasteiger partial charge in [-0.2, -0.15) is 0 Å². The number of ketones is 4. The molecule has 0 radical (unpaired) electrons. The molecule has 1 N–H and O–H groups in total. The predicted molar refractivity (Wildman–Crippen MR) is 217 cm³/mol. The van der Waals surface area contributed by atoms with Gasteiger partial charge in [-0.15, -0.1) is 4.13 Å². The first kappa shape index (κ1) is 46.7. The molecule has 1 fully saturated rings. The van der Waals surface area contributed by atoms with Gasteiger partial charge in [-0.25, -0.2) is 16.8 Å². The predicted octanol–water partition coefficient (Wildman–Crippen LogP) is 6.64. The summed E-state index contributed by atoms with van der Waals surface area (Å²) in [4.78, 5) is 52.0. The van der Waals surface area contributed by atoms with Crippen LogP contribution in [0.25, 0.3) is 0 Å². The number of Topliss-reactive ketones (excluding diaryl/α,β-unsaturated/α-hetero) is 4. The molecule has 0 bridgehead atoms. The molecule has 3 aromatic carbocycles. The molecule has 0 aliphatic heterocycles. The number of carbonyl (C=O) groups is 4. The van der Waals surface area contributed by atoms with Gasteiger partial charge in [0.05, 0.1) is 64.9 Å². The highest BCUT2D eigenvalue weighted by atomic mass is 32.3. The SMILES string of the molecule is COCCOC1CCC(OCCOC(C)(C(C)(C)C(=O)c2ccc(C(C)=O)cc2)C(C)(C)C(=O)c2cccc(S(=O)(=O)NS(=O)(=O)c3cccc(C(C)=O)c3)c2)CC1. The minimum absolute atomic E-state index is 0.0124. The molecule has 13 nitrogen and oxygen atoms in total. The van der Waals surface area contributed by atoms with E-state index in [1.54, 1.807) is 70.1 Å². The zero-order chi connectivity index (χ0) is 43.1. The quantitative estimate of drug-likeness (QED) is 0.0892. The number of benzene rings is 3. The molecule has 1 aliphatic carbocycles. The van der Waals surface area contributed by atoms with Crippen molar-refractivity contribution in [3.8, 4) is 0 Å². The van der Waals surface area contributed by atoms with Gasteiger partial charge in [-0.1, -0.05) is 48.5 Å². The minimum Gasteiger partial charge on any atom is -0.382 e. The van der Waals surface area contributed by atoms with Crippen LogP contribution < -0.4 is 4.13 Å². The van der Waals surface area contributed by atoms with Crippen LogP contribution in [-0.2, 0) is 39.0 Å². The Morgan fingerprint density at radius 1 is 0.586 bits per heavy atom. The maximum atomic E-state index is 14.7. The lowest BCUT2D eigenvalue weighted by Crippen LogP contribution is -2.61. The second kappa shape index (κ2) is 19.0. The average Bonchev–Trinajstić information content (AvgIpc) is 3.19. The molecule has 58 heavy (non-hydrogen) atoms. The summed E-state index contributed by atoms with van der Waals surface area (Å²) in [6.45, 7) is 12.1. The van der Waals surface area contributed by atoms with E-state index in [-0.39, 0.29) is 48.1 Å². The zero-order valence-corrected chi connectivity index (χ0v) is 36.1. The van der Waals surface area contributed by atoms with E-state index in [2.05, 4.69) is 0 Å². The van der Waals surface area contributed by atoms with Crippen LogP contribution in [0.5, 0.6) is 0 Å². The number of hydrogen-bond donors (Lipinski definition) is 1. The van der Waals surface area contributed by atoms with Crippen LogP contribution in [0.4, 0.5) is 0 Å².